The molecule has 0 radical (unpaired) electrons. The topological polar surface area (TPSA) is 115 Å². The summed E-state index contributed by atoms with van der Waals surface area (Å²) in [5, 5.41) is 0.324. The fraction of sp³-hybridized carbons (Fsp3) is 0.467. The third-order valence-corrected chi connectivity index (χ3v) is 9.44. The first kappa shape index (κ1) is 27.6. The smallest absolute Gasteiger partial charge is 0.333 e. The molecule has 11 heteroatoms. The molecule has 0 spiro atoms. The number of ether oxygens (including phenoxy) is 3. The third kappa shape index (κ3) is 4.65. The summed E-state index contributed by atoms with van der Waals surface area (Å²) < 4.78 is 26.9. The summed E-state index contributed by atoms with van der Waals surface area (Å²) in [5.41, 5.74) is -2.31. The van der Waals surface area contributed by atoms with E-state index in [1.807, 2.05) is 30.3 Å². The van der Waals surface area contributed by atoms with Crippen LogP contribution in [0.25, 0.3) is 21.0 Å². The van der Waals surface area contributed by atoms with Crippen LogP contribution in [-0.2, 0) is 31.1 Å². The number of thiophene rings is 1. The first-order chi connectivity index (χ1) is 19.5. The number of aryl methyl sites for hydroxylation is 1. The van der Waals surface area contributed by atoms with E-state index in [4.69, 9.17) is 18.6 Å². The maximum Gasteiger partial charge on any atom is 0.333 e. The molecule has 0 amide bonds. The average Bonchev–Trinajstić information content (AvgIpc) is 3.69. The van der Waals surface area contributed by atoms with E-state index < -0.39 is 34.5 Å². The molecule has 3 aromatic heterocycles. The molecule has 4 aromatic rings. The number of fused-ring (bicyclic) bond motifs is 6. The van der Waals surface area contributed by atoms with Gasteiger partial charge in [-0.3, -0.25) is 9.36 Å². The van der Waals surface area contributed by atoms with Crippen LogP contribution in [0.4, 0.5) is 0 Å². The van der Waals surface area contributed by atoms with Gasteiger partial charge in [-0.05, 0) is 58.6 Å². The molecule has 216 valence electrons. The number of hydrogen-bond acceptors (Lipinski definition) is 9. The Balaban J connectivity index is 1.62. The highest BCUT2D eigenvalue weighted by molar-refractivity contribution is 7.22. The normalized spacial score (nSPS) is 24.2. The lowest BCUT2D eigenvalue weighted by molar-refractivity contribution is -0.182. The minimum atomic E-state index is -1.62. The van der Waals surface area contributed by atoms with Crippen molar-refractivity contribution in [3.05, 3.63) is 74.8 Å². The highest BCUT2D eigenvalue weighted by Crippen LogP contribution is 2.38. The van der Waals surface area contributed by atoms with E-state index in [9.17, 15) is 14.4 Å². The van der Waals surface area contributed by atoms with Crippen molar-refractivity contribution in [2.75, 3.05) is 6.61 Å². The van der Waals surface area contributed by atoms with Crippen LogP contribution in [0.3, 0.4) is 0 Å². The summed E-state index contributed by atoms with van der Waals surface area (Å²) in [4.78, 5) is 47.6. The van der Waals surface area contributed by atoms with Gasteiger partial charge in [0.2, 0.25) is 5.89 Å². The lowest BCUT2D eigenvalue weighted by Gasteiger charge is -2.35. The van der Waals surface area contributed by atoms with Crippen molar-refractivity contribution >= 4 is 27.5 Å². The van der Waals surface area contributed by atoms with Gasteiger partial charge in [-0.25, -0.2) is 19.1 Å². The quantitative estimate of drug-likeness (QED) is 0.318. The molecule has 0 aliphatic carbocycles. The number of esters is 1. The number of benzene rings is 1. The predicted molar refractivity (Wildman–Crippen MR) is 153 cm³/mol. The standard InChI is InChI=1S/C30H33N3O7S/c1-17-22-25(34)33-28(36)32(26(22)41-23(17)24-31-13-14-37-24)15-20(18-9-7-6-8-10-18)38-16-19-11-12-21(39-19)30(4,5)40-27(35)29(33,2)3/h6-10,13-14,19-21H,11-12,15-16H2,1-5H3/t19?,20-,21?/m0/s1. The van der Waals surface area contributed by atoms with E-state index in [0.717, 1.165) is 16.6 Å². The van der Waals surface area contributed by atoms with Crippen LogP contribution in [0.1, 0.15) is 57.8 Å². The van der Waals surface area contributed by atoms with Crippen LogP contribution in [-0.4, -0.2) is 44.5 Å². The Bertz CT molecular complexity index is 1720. The Kier molecular flexibility index (Phi) is 6.79. The van der Waals surface area contributed by atoms with Gasteiger partial charge in [0, 0.05) is 0 Å². The molecular formula is C30H33N3O7S. The van der Waals surface area contributed by atoms with Crippen LogP contribution in [0.5, 0.6) is 0 Å². The number of hydrogen-bond donors (Lipinski definition) is 0. The SMILES string of the molecule is Cc1c(-c2ncco2)sc2c1c(=O)n1c(=O)n2C[C@@H](c2ccccc2)OCC2CCC(O2)C(C)(C)OC(=O)C1(C)C. The van der Waals surface area contributed by atoms with Crippen molar-refractivity contribution in [3.8, 4) is 10.8 Å². The second kappa shape index (κ2) is 10.1. The first-order valence-electron chi connectivity index (χ1n) is 13.7. The fourth-order valence-corrected chi connectivity index (χ4v) is 6.95. The molecule has 10 nitrogen and oxygen atoms in total. The molecular weight excluding hydrogens is 546 g/mol. The summed E-state index contributed by atoms with van der Waals surface area (Å²) in [7, 11) is 0. The summed E-state index contributed by atoms with van der Waals surface area (Å²) in [6.07, 6.45) is 3.36. The molecule has 0 saturated carbocycles. The van der Waals surface area contributed by atoms with Crippen molar-refractivity contribution in [1.29, 1.82) is 0 Å². The van der Waals surface area contributed by atoms with E-state index in [-0.39, 0.29) is 18.8 Å². The van der Waals surface area contributed by atoms with Crippen molar-refractivity contribution in [2.45, 2.75) is 83.5 Å². The number of carbonyl (C=O) groups excluding carboxylic acids is 1. The zero-order valence-corrected chi connectivity index (χ0v) is 24.5. The Labute approximate surface area is 240 Å². The zero-order chi connectivity index (χ0) is 29.1. The van der Waals surface area contributed by atoms with Gasteiger partial charge >= 0.3 is 11.7 Å². The van der Waals surface area contributed by atoms with E-state index >= 15 is 0 Å². The van der Waals surface area contributed by atoms with E-state index in [1.165, 1.54) is 42.2 Å². The number of oxazole rings is 1. The number of carbonyl (C=O) groups is 1. The predicted octanol–water partition coefficient (Wildman–Crippen LogP) is 4.56. The Hall–Kier alpha value is -3.54. The van der Waals surface area contributed by atoms with Crippen LogP contribution in [0.2, 0.25) is 0 Å². The molecule has 1 fully saturated rings. The van der Waals surface area contributed by atoms with Gasteiger partial charge in [-0.1, -0.05) is 30.3 Å². The Morgan fingerprint density at radius 2 is 1.80 bits per heavy atom. The molecule has 2 unspecified atom stereocenters. The lowest BCUT2D eigenvalue weighted by Crippen LogP contribution is -2.55. The van der Waals surface area contributed by atoms with E-state index in [0.29, 0.717) is 39.6 Å². The van der Waals surface area contributed by atoms with Gasteiger partial charge < -0.3 is 18.6 Å². The van der Waals surface area contributed by atoms with Crippen molar-refractivity contribution < 1.29 is 23.4 Å². The largest absolute Gasteiger partial charge is 0.455 e. The number of nitrogens with zero attached hydrogens (tertiary/aromatic N) is 3. The summed E-state index contributed by atoms with van der Waals surface area (Å²) in [5.74, 6) is -0.336. The summed E-state index contributed by atoms with van der Waals surface area (Å²) in [6, 6.07) is 9.66. The van der Waals surface area contributed by atoms with Gasteiger partial charge in [0.1, 0.15) is 28.3 Å². The molecule has 3 atom stereocenters. The summed E-state index contributed by atoms with van der Waals surface area (Å²) >= 11 is 1.26. The molecule has 0 N–H and O–H groups in total. The minimum absolute atomic E-state index is 0.109. The number of aromatic nitrogens is 3. The van der Waals surface area contributed by atoms with Crippen LogP contribution in [0, 0.1) is 6.92 Å². The average molecular weight is 580 g/mol. The van der Waals surface area contributed by atoms with Gasteiger partial charge in [0.25, 0.3) is 5.56 Å². The fourth-order valence-electron chi connectivity index (χ4n) is 5.71. The maximum atomic E-state index is 14.3. The van der Waals surface area contributed by atoms with Crippen molar-refractivity contribution in [3.63, 3.8) is 0 Å². The van der Waals surface area contributed by atoms with E-state index in [2.05, 4.69) is 4.98 Å². The molecule has 2 aliphatic heterocycles. The molecule has 4 bridgehead atoms. The molecule has 1 saturated heterocycles. The van der Waals surface area contributed by atoms with Crippen LogP contribution in [0.15, 0.2) is 56.8 Å². The second-order valence-electron chi connectivity index (χ2n) is 11.7. The highest BCUT2D eigenvalue weighted by atomic mass is 32.1. The Morgan fingerprint density at radius 3 is 2.51 bits per heavy atom. The van der Waals surface area contributed by atoms with E-state index in [1.54, 1.807) is 20.8 Å². The highest BCUT2D eigenvalue weighted by Gasteiger charge is 2.45. The van der Waals surface area contributed by atoms with Gasteiger partial charge in [0.05, 0.1) is 41.8 Å². The van der Waals surface area contributed by atoms with Gasteiger partial charge in [-0.2, -0.15) is 0 Å². The molecule has 41 heavy (non-hydrogen) atoms. The first-order valence-corrected chi connectivity index (χ1v) is 14.6. The second-order valence-corrected chi connectivity index (χ2v) is 12.7. The van der Waals surface area contributed by atoms with Crippen LogP contribution >= 0.6 is 11.3 Å². The van der Waals surface area contributed by atoms with Crippen LogP contribution < -0.4 is 11.2 Å². The zero-order valence-electron chi connectivity index (χ0n) is 23.7. The molecule has 2 aliphatic rings. The maximum absolute atomic E-state index is 14.3. The molecule has 6 rings (SSSR count). The monoisotopic (exact) mass is 579 g/mol. The molecule has 1 aromatic carbocycles. The third-order valence-electron chi connectivity index (χ3n) is 8.14. The van der Waals surface area contributed by atoms with Crippen molar-refractivity contribution in [2.24, 2.45) is 0 Å². The van der Waals surface area contributed by atoms with Gasteiger partial charge in [0.15, 0.2) is 0 Å². The van der Waals surface area contributed by atoms with Gasteiger partial charge in [-0.15, -0.1) is 11.3 Å². The minimum Gasteiger partial charge on any atom is -0.455 e. The number of cyclic esters (lactones) is 1. The van der Waals surface area contributed by atoms with Crippen molar-refractivity contribution in [1.82, 2.24) is 14.1 Å². The molecule has 5 heterocycles. The Morgan fingerprint density at radius 1 is 1.05 bits per heavy atom. The number of rotatable bonds is 2. The lowest BCUT2D eigenvalue weighted by atomic mass is 9.97. The summed E-state index contributed by atoms with van der Waals surface area (Å²) in [6.45, 7) is 8.87.